The maximum absolute atomic E-state index is 9.27. The van der Waals surface area contributed by atoms with Crippen molar-refractivity contribution in [1.82, 2.24) is 0 Å². The fourth-order valence-corrected chi connectivity index (χ4v) is 8.42. The highest BCUT2D eigenvalue weighted by Gasteiger charge is 2.44. The summed E-state index contributed by atoms with van der Waals surface area (Å²) in [5, 5.41) is 9.27. The van der Waals surface area contributed by atoms with Gasteiger partial charge in [0.1, 0.15) is 6.10 Å². The molecule has 1 N–H and O–H groups in total. The SMILES string of the molecule is C#C[C@@H]1O[C@H](CC[C@H](C)/C=C/C[C@H](C)C[C@H](C)C(=C)CO)[C@H](C)[C@H](O[Si](CC)(CC)CC)[C@H]1C. The Balaban J connectivity index is 2.69. The second-order valence-corrected chi connectivity index (χ2v) is 15.8. The van der Waals surface area contributed by atoms with E-state index in [0.29, 0.717) is 23.7 Å². The highest BCUT2D eigenvalue weighted by atomic mass is 28.4. The van der Waals surface area contributed by atoms with E-state index in [0.717, 1.165) is 49.4 Å². The molecule has 196 valence electrons. The average molecular weight is 491 g/mol. The van der Waals surface area contributed by atoms with Crippen LogP contribution in [0.1, 0.15) is 81.1 Å². The second kappa shape index (κ2) is 15.3. The minimum atomic E-state index is -1.71. The molecule has 8 atom stereocenters. The van der Waals surface area contributed by atoms with E-state index in [1.165, 1.54) is 0 Å². The quantitative estimate of drug-likeness (QED) is 0.146. The highest BCUT2D eigenvalue weighted by Crippen LogP contribution is 2.38. The lowest BCUT2D eigenvalue weighted by molar-refractivity contribution is -0.140. The van der Waals surface area contributed by atoms with Gasteiger partial charge in [0.05, 0.1) is 18.8 Å². The number of hydrogen-bond donors (Lipinski definition) is 1. The summed E-state index contributed by atoms with van der Waals surface area (Å²) < 4.78 is 13.4. The molecule has 34 heavy (non-hydrogen) atoms. The van der Waals surface area contributed by atoms with Crippen LogP contribution in [0.5, 0.6) is 0 Å². The zero-order valence-corrected chi connectivity index (χ0v) is 24.5. The van der Waals surface area contributed by atoms with Gasteiger partial charge >= 0.3 is 0 Å². The van der Waals surface area contributed by atoms with Crippen molar-refractivity contribution in [1.29, 1.82) is 0 Å². The Bertz CT molecular complexity index is 654. The normalized spacial score (nSPS) is 28.4. The molecule has 1 fully saturated rings. The molecule has 0 aromatic rings. The molecule has 0 bridgehead atoms. The van der Waals surface area contributed by atoms with Crippen LogP contribution >= 0.6 is 0 Å². The van der Waals surface area contributed by atoms with Gasteiger partial charge in [-0.3, -0.25) is 0 Å². The topological polar surface area (TPSA) is 38.7 Å². The Morgan fingerprint density at radius 2 is 1.76 bits per heavy atom. The standard InChI is InChI=1S/C30H54O3Si/c1-11-28-26(9)30(33-34(12-2,13-3)14-4)27(10)29(32-28)19-18-22(5)16-15-17-23(6)20-24(7)25(8)21-31/h1,15-16,22-24,26-31H,8,12-14,17-21H2,2-7,9-10H3/b16-15+/t22-,23+,24+,26+,27+,28+,29-,30-/m1/s1. The summed E-state index contributed by atoms with van der Waals surface area (Å²) in [5.74, 6) is 4.96. The molecule has 0 aromatic carbocycles. The van der Waals surface area contributed by atoms with Crippen molar-refractivity contribution in [2.75, 3.05) is 6.61 Å². The van der Waals surface area contributed by atoms with E-state index in [9.17, 15) is 5.11 Å². The minimum absolute atomic E-state index is 0.0894. The molecule has 1 heterocycles. The summed E-state index contributed by atoms with van der Waals surface area (Å²) in [6, 6.07) is 3.49. The fraction of sp³-hybridized carbons (Fsp3) is 0.800. The van der Waals surface area contributed by atoms with Crippen LogP contribution in [0.3, 0.4) is 0 Å². The van der Waals surface area contributed by atoms with Crippen molar-refractivity contribution < 1.29 is 14.3 Å². The first kappa shape index (κ1) is 31.2. The molecule has 0 radical (unpaired) electrons. The molecule has 0 unspecified atom stereocenters. The Morgan fingerprint density at radius 1 is 1.15 bits per heavy atom. The molecule has 0 aliphatic carbocycles. The van der Waals surface area contributed by atoms with Crippen molar-refractivity contribution in [3.05, 3.63) is 24.3 Å². The van der Waals surface area contributed by atoms with Gasteiger partial charge in [0.15, 0.2) is 8.32 Å². The third kappa shape index (κ3) is 8.97. The summed E-state index contributed by atoms with van der Waals surface area (Å²) in [6.45, 7) is 22.2. The Hall–Kier alpha value is -0.863. The average Bonchev–Trinajstić information content (AvgIpc) is 2.83. The van der Waals surface area contributed by atoms with Crippen LogP contribution in [0.15, 0.2) is 24.3 Å². The van der Waals surface area contributed by atoms with Gasteiger partial charge < -0.3 is 14.3 Å². The van der Waals surface area contributed by atoms with Crippen LogP contribution in [0, 0.1) is 41.9 Å². The van der Waals surface area contributed by atoms with Crippen LogP contribution < -0.4 is 0 Å². The monoisotopic (exact) mass is 490 g/mol. The molecule has 1 aliphatic heterocycles. The van der Waals surface area contributed by atoms with E-state index < -0.39 is 8.32 Å². The Morgan fingerprint density at radius 3 is 2.29 bits per heavy atom. The van der Waals surface area contributed by atoms with Gasteiger partial charge in [-0.2, -0.15) is 0 Å². The summed E-state index contributed by atoms with van der Waals surface area (Å²) in [4.78, 5) is 0. The number of rotatable bonds is 15. The lowest BCUT2D eigenvalue weighted by Gasteiger charge is -2.47. The fourth-order valence-electron chi connectivity index (χ4n) is 5.41. The van der Waals surface area contributed by atoms with Gasteiger partial charge in [-0.25, -0.2) is 0 Å². The van der Waals surface area contributed by atoms with Crippen LogP contribution in [-0.2, 0) is 9.16 Å². The number of terminal acetylenes is 1. The van der Waals surface area contributed by atoms with Crippen molar-refractivity contribution in [2.24, 2.45) is 29.6 Å². The van der Waals surface area contributed by atoms with Gasteiger partial charge in [-0.1, -0.05) is 80.0 Å². The maximum Gasteiger partial charge on any atom is 0.192 e. The number of aliphatic hydroxyl groups excluding tert-OH is 1. The lowest BCUT2D eigenvalue weighted by atomic mass is 9.81. The number of allylic oxidation sites excluding steroid dienone is 2. The van der Waals surface area contributed by atoms with Gasteiger partial charge in [0.2, 0.25) is 0 Å². The van der Waals surface area contributed by atoms with E-state index in [4.69, 9.17) is 15.6 Å². The molecule has 1 aliphatic rings. The summed E-state index contributed by atoms with van der Waals surface area (Å²) in [5.41, 5.74) is 0.935. The molecule has 0 aromatic heterocycles. The molecular weight excluding hydrogens is 436 g/mol. The number of aliphatic hydroxyl groups is 1. The van der Waals surface area contributed by atoms with E-state index >= 15 is 0 Å². The predicted molar refractivity (Wildman–Crippen MR) is 149 cm³/mol. The summed E-state index contributed by atoms with van der Waals surface area (Å²) >= 11 is 0. The first-order valence-electron chi connectivity index (χ1n) is 13.8. The molecule has 1 rings (SSSR count). The zero-order valence-electron chi connectivity index (χ0n) is 23.5. The van der Waals surface area contributed by atoms with Crippen molar-refractivity contribution in [2.45, 2.75) is 118 Å². The van der Waals surface area contributed by atoms with Gasteiger partial charge in [-0.05, 0) is 67.1 Å². The maximum atomic E-state index is 9.27. The molecule has 3 nitrogen and oxygen atoms in total. The Kier molecular flexibility index (Phi) is 14.0. The lowest BCUT2D eigenvalue weighted by Crippen LogP contribution is -2.54. The van der Waals surface area contributed by atoms with Gasteiger partial charge in [0.25, 0.3) is 0 Å². The minimum Gasteiger partial charge on any atom is -0.413 e. The van der Waals surface area contributed by atoms with E-state index in [1.807, 2.05) is 0 Å². The van der Waals surface area contributed by atoms with Crippen molar-refractivity contribution in [3.63, 3.8) is 0 Å². The first-order valence-corrected chi connectivity index (χ1v) is 16.3. The third-order valence-corrected chi connectivity index (χ3v) is 13.1. The molecule has 1 saturated heterocycles. The molecule has 0 amide bonds. The third-order valence-electron chi connectivity index (χ3n) is 8.47. The molecular formula is C30H54O3Si. The predicted octanol–water partition coefficient (Wildman–Crippen LogP) is 7.62. The van der Waals surface area contributed by atoms with Crippen LogP contribution in [0.25, 0.3) is 0 Å². The van der Waals surface area contributed by atoms with Crippen molar-refractivity contribution >= 4 is 8.32 Å². The van der Waals surface area contributed by atoms with Crippen molar-refractivity contribution in [3.8, 4) is 12.3 Å². The van der Waals surface area contributed by atoms with Gasteiger partial charge in [0, 0.05) is 11.8 Å². The highest BCUT2D eigenvalue weighted by molar-refractivity contribution is 6.73. The summed E-state index contributed by atoms with van der Waals surface area (Å²) in [7, 11) is -1.71. The number of ether oxygens (including phenoxy) is 1. The van der Waals surface area contributed by atoms with Crippen LogP contribution in [0.4, 0.5) is 0 Å². The zero-order chi connectivity index (χ0) is 25.9. The molecule has 4 heteroatoms. The smallest absolute Gasteiger partial charge is 0.192 e. The Labute approximate surface area is 212 Å². The van der Waals surface area contributed by atoms with E-state index in [-0.39, 0.29) is 30.8 Å². The largest absolute Gasteiger partial charge is 0.413 e. The van der Waals surface area contributed by atoms with E-state index in [1.54, 1.807) is 0 Å². The summed E-state index contributed by atoms with van der Waals surface area (Å²) in [6.07, 6.45) is 15.0. The number of hydrogen-bond acceptors (Lipinski definition) is 3. The second-order valence-electron chi connectivity index (χ2n) is 11.1. The van der Waals surface area contributed by atoms with Crippen LogP contribution in [0.2, 0.25) is 18.1 Å². The van der Waals surface area contributed by atoms with Gasteiger partial charge in [-0.15, -0.1) is 6.42 Å². The molecule has 0 spiro atoms. The first-order chi connectivity index (χ1) is 16.1. The van der Waals surface area contributed by atoms with Crippen LogP contribution in [-0.4, -0.2) is 38.3 Å². The molecule has 0 saturated carbocycles. The van der Waals surface area contributed by atoms with E-state index in [2.05, 4.69) is 80.0 Å².